The Morgan fingerprint density at radius 1 is 0.912 bits per heavy atom. The molecule has 0 aromatic heterocycles. The van der Waals surface area contributed by atoms with Gasteiger partial charge in [-0.05, 0) is 55.3 Å². The van der Waals surface area contributed by atoms with Crippen LogP contribution in [0.25, 0.3) is 0 Å². The number of carbonyl (C=O) groups excluding carboxylic acids is 4. The van der Waals surface area contributed by atoms with Gasteiger partial charge >= 0.3 is 5.97 Å². The van der Waals surface area contributed by atoms with Crippen LogP contribution in [0.5, 0.6) is 0 Å². The number of amides is 3. The van der Waals surface area contributed by atoms with Gasteiger partial charge in [0.25, 0.3) is 5.91 Å². The van der Waals surface area contributed by atoms with Gasteiger partial charge in [0.1, 0.15) is 0 Å². The first kappa shape index (κ1) is 24.8. The summed E-state index contributed by atoms with van der Waals surface area (Å²) in [5.41, 5.74) is 0.904. The highest BCUT2D eigenvalue weighted by atomic mass is 35.5. The molecular weight excluding hydrogens is 526 g/mol. The van der Waals surface area contributed by atoms with E-state index in [0.29, 0.717) is 29.2 Å². The number of benzene rings is 2. The smallest absolute Gasteiger partial charge is 0.338 e. The van der Waals surface area contributed by atoms with Gasteiger partial charge in [0, 0.05) is 5.69 Å². The number of imide groups is 1. The Labute approximate surface area is 215 Å². The fraction of sp³-hybridized carbons (Fsp3) is 0.304. The summed E-state index contributed by atoms with van der Waals surface area (Å²) in [6.07, 6.45) is 0.687. The van der Waals surface area contributed by atoms with Crippen LogP contribution >= 0.6 is 46.4 Å². The van der Waals surface area contributed by atoms with Crippen molar-refractivity contribution < 1.29 is 23.9 Å². The van der Waals surface area contributed by atoms with Crippen molar-refractivity contribution in [1.82, 2.24) is 0 Å². The molecule has 0 spiro atoms. The van der Waals surface area contributed by atoms with Gasteiger partial charge in [0.05, 0.1) is 43.9 Å². The van der Waals surface area contributed by atoms with Crippen molar-refractivity contribution in [1.29, 1.82) is 0 Å². The first-order chi connectivity index (χ1) is 16.2. The highest BCUT2D eigenvalue weighted by molar-refractivity contribution is 6.42. The second-order valence-electron chi connectivity index (χ2n) is 8.03. The van der Waals surface area contributed by atoms with Crippen LogP contribution in [0.15, 0.2) is 42.5 Å². The van der Waals surface area contributed by atoms with Crippen molar-refractivity contribution in [3.8, 4) is 0 Å². The lowest BCUT2D eigenvalue weighted by molar-refractivity contribution is -0.122. The first-order valence-corrected chi connectivity index (χ1v) is 12.0. The molecule has 2 aromatic carbocycles. The average Bonchev–Trinajstić information content (AvgIpc) is 3.04. The molecule has 7 nitrogen and oxygen atoms in total. The Balaban J connectivity index is 1.36. The quantitative estimate of drug-likeness (QED) is 0.329. The molecule has 1 saturated heterocycles. The van der Waals surface area contributed by atoms with Gasteiger partial charge in [-0.1, -0.05) is 23.2 Å². The highest BCUT2D eigenvalue weighted by Gasteiger charge is 2.52. The summed E-state index contributed by atoms with van der Waals surface area (Å²) in [7, 11) is 0. The maximum absolute atomic E-state index is 12.8. The number of halogens is 4. The third-order valence-electron chi connectivity index (χ3n) is 5.81. The van der Waals surface area contributed by atoms with E-state index >= 15 is 0 Å². The molecule has 178 valence electrons. The Bertz CT molecular complexity index is 1130. The SMILES string of the molecule is O=C(COC(=O)c1ccc(N2C(=O)[C@@H]3C[C@@H](Cl)[C@@H](Cl)C[C@H]3C2=O)cc1)Nc1ccc(Cl)c(Cl)c1. The molecule has 2 aromatic rings. The van der Waals surface area contributed by atoms with E-state index in [4.69, 9.17) is 51.1 Å². The number of nitrogens with zero attached hydrogens (tertiary/aromatic N) is 1. The monoisotopic (exact) mass is 542 g/mol. The largest absolute Gasteiger partial charge is 0.452 e. The van der Waals surface area contributed by atoms with Gasteiger partial charge < -0.3 is 10.1 Å². The molecular formula is C23H18Cl4N2O5. The minimum Gasteiger partial charge on any atom is -0.452 e. The summed E-state index contributed by atoms with van der Waals surface area (Å²) >= 11 is 24.1. The van der Waals surface area contributed by atoms with E-state index in [-0.39, 0.29) is 33.2 Å². The van der Waals surface area contributed by atoms with E-state index in [1.165, 1.54) is 36.4 Å². The van der Waals surface area contributed by atoms with Crippen molar-refractivity contribution >= 4 is 81.5 Å². The molecule has 0 unspecified atom stereocenters. The van der Waals surface area contributed by atoms with Crippen LogP contribution in [0.3, 0.4) is 0 Å². The average molecular weight is 544 g/mol. The molecule has 1 heterocycles. The molecule has 1 saturated carbocycles. The number of nitrogens with one attached hydrogen (secondary N) is 1. The maximum Gasteiger partial charge on any atom is 0.338 e. The number of anilines is 2. The van der Waals surface area contributed by atoms with E-state index < -0.39 is 30.3 Å². The lowest BCUT2D eigenvalue weighted by atomic mass is 9.80. The van der Waals surface area contributed by atoms with Crippen molar-refractivity contribution in [3.63, 3.8) is 0 Å². The zero-order chi connectivity index (χ0) is 24.6. The van der Waals surface area contributed by atoms with Crippen molar-refractivity contribution in [2.45, 2.75) is 23.6 Å². The topological polar surface area (TPSA) is 92.8 Å². The number of ether oxygens (including phenoxy) is 1. The Kier molecular flexibility index (Phi) is 7.38. The molecule has 1 aliphatic heterocycles. The van der Waals surface area contributed by atoms with Crippen molar-refractivity contribution in [3.05, 3.63) is 58.1 Å². The molecule has 0 bridgehead atoms. The van der Waals surface area contributed by atoms with E-state index in [2.05, 4.69) is 5.32 Å². The molecule has 2 fully saturated rings. The summed E-state index contributed by atoms with van der Waals surface area (Å²) in [4.78, 5) is 51.2. The predicted molar refractivity (Wildman–Crippen MR) is 130 cm³/mol. The van der Waals surface area contributed by atoms with Crippen LogP contribution in [0, 0.1) is 11.8 Å². The summed E-state index contributed by atoms with van der Waals surface area (Å²) in [5, 5.41) is 2.42. The minimum absolute atomic E-state index is 0.157. The summed E-state index contributed by atoms with van der Waals surface area (Å²) in [6.45, 7) is -0.521. The normalized spacial score (nSPS) is 24.1. The number of hydrogen-bond acceptors (Lipinski definition) is 5. The number of carbonyl (C=O) groups is 4. The van der Waals surface area contributed by atoms with E-state index in [1.807, 2.05) is 0 Å². The predicted octanol–water partition coefficient (Wildman–Crippen LogP) is 4.90. The molecule has 2 aliphatic rings. The third-order valence-corrected chi connectivity index (χ3v) is 7.64. The maximum atomic E-state index is 12.8. The van der Waals surface area contributed by atoms with Gasteiger partial charge in [0.2, 0.25) is 11.8 Å². The number of alkyl halides is 2. The van der Waals surface area contributed by atoms with E-state index in [0.717, 1.165) is 4.90 Å². The van der Waals surface area contributed by atoms with Gasteiger partial charge in [-0.3, -0.25) is 19.3 Å². The lowest BCUT2D eigenvalue weighted by Gasteiger charge is -2.28. The zero-order valence-electron chi connectivity index (χ0n) is 17.5. The summed E-state index contributed by atoms with van der Waals surface area (Å²) in [5.74, 6) is -2.93. The van der Waals surface area contributed by atoms with E-state index in [1.54, 1.807) is 6.07 Å². The van der Waals surface area contributed by atoms with Crippen molar-refractivity contribution in [2.24, 2.45) is 11.8 Å². The standard InChI is InChI=1S/C23H18Cl4N2O5/c24-16-6-3-12(7-17(16)25)28-20(30)10-34-23(33)11-1-4-13(5-2-11)29-21(31)14-8-18(26)19(27)9-15(14)22(29)32/h1-7,14-15,18-19H,8-10H2,(H,28,30)/t14-,15-,18-,19+/m1/s1. The second-order valence-corrected chi connectivity index (χ2v) is 9.96. The number of rotatable bonds is 5. The van der Waals surface area contributed by atoms with Gasteiger partial charge in [-0.15, -0.1) is 23.2 Å². The lowest BCUT2D eigenvalue weighted by Crippen LogP contribution is -2.34. The summed E-state index contributed by atoms with van der Waals surface area (Å²) in [6, 6.07) is 10.4. The van der Waals surface area contributed by atoms with Gasteiger partial charge in [-0.2, -0.15) is 0 Å². The molecule has 3 amide bonds. The first-order valence-electron chi connectivity index (χ1n) is 10.3. The van der Waals surface area contributed by atoms with Crippen LogP contribution in [0.1, 0.15) is 23.2 Å². The van der Waals surface area contributed by atoms with Gasteiger partial charge in [0.15, 0.2) is 6.61 Å². The Morgan fingerprint density at radius 3 is 2.06 bits per heavy atom. The van der Waals surface area contributed by atoms with Crippen molar-refractivity contribution in [2.75, 3.05) is 16.8 Å². The molecule has 4 rings (SSSR count). The van der Waals surface area contributed by atoms with Crippen LogP contribution in [-0.4, -0.2) is 41.1 Å². The fourth-order valence-corrected chi connectivity index (χ4v) is 4.97. The number of fused-ring (bicyclic) bond motifs is 1. The van der Waals surface area contributed by atoms with E-state index in [9.17, 15) is 19.2 Å². The van der Waals surface area contributed by atoms with Crippen LogP contribution < -0.4 is 10.2 Å². The van der Waals surface area contributed by atoms with Crippen LogP contribution in [0.2, 0.25) is 10.0 Å². The molecule has 1 aliphatic carbocycles. The fourth-order valence-electron chi connectivity index (χ4n) is 4.08. The van der Waals surface area contributed by atoms with Crippen LogP contribution in [-0.2, 0) is 19.1 Å². The second kappa shape index (κ2) is 10.1. The number of esters is 1. The summed E-state index contributed by atoms with van der Waals surface area (Å²) < 4.78 is 5.04. The molecule has 4 atom stereocenters. The molecule has 11 heteroatoms. The van der Waals surface area contributed by atoms with Crippen LogP contribution in [0.4, 0.5) is 11.4 Å². The minimum atomic E-state index is -0.737. The highest BCUT2D eigenvalue weighted by Crippen LogP contribution is 2.43. The Hall–Kier alpha value is -2.32. The molecule has 34 heavy (non-hydrogen) atoms. The zero-order valence-corrected chi connectivity index (χ0v) is 20.5. The number of hydrogen-bond donors (Lipinski definition) is 1. The molecule has 1 N–H and O–H groups in total. The Morgan fingerprint density at radius 2 is 1.50 bits per heavy atom. The van der Waals surface area contributed by atoms with Gasteiger partial charge in [-0.25, -0.2) is 4.79 Å². The third kappa shape index (κ3) is 5.03. The molecule has 0 radical (unpaired) electrons.